The summed E-state index contributed by atoms with van der Waals surface area (Å²) < 4.78 is 34.3. The molecule has 9 heteroatoms. The maximum absolute atomic E-state index is 13.4. The minimum Gasteiger partial charge on any atom is -0.405 e. The molecule has 0 atom stereocenters. The van der Waals surface area contributed by atoms with Gasteiger partial charge in [0.25, 0.3) is 15.7 Å². The van der Waals surface area contributed by atoms with Crippen LogP contribution < -0.4 is 4.31 Å². The zero-order chi connectivity index (χ0) is 25.7. The molecule has 0 aliphatic rings. The van der Waals surface area contributed by atoms with E-state index in [9.17, 15) is 18.5 Å². The molecule has 0 unspecified atom stereocenters. The van der Waals surface area contributed by atoms with Crippen LogP contribution in [0.3, 0.4) is 0 Å². The Morgan fingerprint density at radius 1 is 1.00 bits per heavy atom. The third kappa shape index (κ3) is 5.69. The van der Waals surface area contributed by atoms with Gasteiger partial charge in [0.15, 0.2) is 0 Å². The Morgan fingerprint density at radius 2 is 1.53 bits per heavy atom. The highest BCUT2D eigenvalue weighted by Gasteiger charge is 2.51. The highest BCUT2D eigenvalue weighted by molar-refractivity contribution is 7.93. The van der Waals surface area contributed by atoms with Crippen LogP contribution in [-0.4, -0.2) is 28.3 Å². The second-order valence-electron chi connectivity index (χ2n) is 9.79. The zero-order valence-electron chi connectivity index (χ0n) is 20.9. The predicted octanol–water partition coefficient (Wildman–Crippen LogP) is 6.33. The van der Waals surface area contributed by atoms with Crippen molar-refractivity contribution in [1.82, 2.24) is 0 Å². The van der Waals surface area contributed by atoms with Gasteiger partial charge in [-0.3, -0.25) is 10.1 Å². The SMILES string of the molecule is CC(C)[Si](OCC#CN(c1ccccc1)S(=O)(=O)c1ccc([N+](=O)[O-])cc1)(C(C)C)C(C)(C)C. The number of nitro groups is 1. The van der Waals surface area contributed by atoms with Gasteiger partial charge in [-0.1, -0.05) is 72.6 Å². The molecule has 2 rings (SSSR count). The van der Waals surface area contributed by atoms with Crippen molar-refractivity contribution in [3.63, 3.8) is 0 Å². The first-order valence-corrected chi connectivity index (χ1v) is 14.7. The van der Waals surface area contributed by atoms with Crippen LogP contribution in [0.5, 0.6) is 0 Å². The lowest BCUT2D eigenvalue weighted by atomic mass is 10.2. The maximum Gasteiger partial charge on any atom is 0.275 e. The van der Waals surface area contributed by atoms with Crippen LogP contribution >= 0.6 is 0 Å². The van der Waals surface area contributed by atoms with Crippen LogP contribution in [0, 0.1) is 22.1 Å². The van der Waals surface area contributed by atoms with Gasteiger partial charge < -0.3 is 4.43 Å². The fourth-order valence-corrected chi connectivity index (χ4v) is 12.4. The number of hydrogen-bond donors (Lipinski definition) is 0. The van der Waals surface area contributed by atoms with Crippen molar-refractivity contribution >= 4 is 29.7 Å². The Kier molecular flexibility index (Phi) is 8.69. The third-order valence-electron chi connectivity index (χ3n) is 6.03. The van der Waals surface area contributed by atoms with Crippen molar-refractivity contribution in [3.8, 4) is 12.0 Å². The Balaban J connectivity index is 2.44. The Labute approximate surface area is 204 Å². The summed E-state index contributed by atoms with van der Waals surface area (Å²) in [5, 5.41) is 10.9. The van der Waals surface area contributed by atoms with Crippen molar-refractivity contribution in [1.29, 1.82) is 0 Å². The molecule has 0 spiro atoms. The highest BCUT2D eigenvalue weighted by Crippen LogP contribution is 2.50. The number of sulfonamides is 1. The van der Waals surface area contributed by atoms with Crippen molar-refractivity contribution in [3.05, 3.63) is 64.7 Å². The zero-order valence-corrected chi connectivity index (χ0v) is 22.7. The van der Waals surface area contributed by atoms with E-state index in [1.807, 2.05) is 0 Å². The summed E-state index contributed by atoms with van der Waals surface area (Å²) in [6, 6.07) is 16.1. The molecule has 2 aromatic carbocycles. The van der Waals surface area contributed by atoms with Crippen LogP contribution in [0.15, 0.2) is 59.5 Å². The van der Waals surface area contributed by atoms with Gasteiger partial charge in [0.05, 0.1) is 22.1 Å². The second kappa shape index (κ2) is 10.7. The lowest BCUT2D eigenvalue weighted by Gasteiger charge is -2.48. The maximum atomic E-state index is 13.4. The largest absolute Gasteiger partial charge is 0.405 e. The van der Waals surface area contributed by atoms with Gasteiger partial charge in [-0.05, 0) is 40.4 Å². The van der Waals surface area contributed by atoms with Crippen molar-refractivity contribution < 1.29 is 17.8 Å². The molecule has 0 aliphatic carbocycles. The number of benzene rings is 2. The summed E-state index contributed by atoms with van der Waals surface area (Å²) in [5.41, 5.74) is 0.891. The number of rotatable bonds is 8. The molecule has 0 heterocycles. The lowest BCUT2D eigenvalue weighted by Crippen LogP contribution is -2.52. The van der Waals surface area contributed by atoms with E-state index in [0.717, 1.165) is 4.31 Å². The minimum absolute atomic E-state index is 0.0268. The molecule has 34 heavy (non-hydrogen) atoms. The van der Waals surface area contributed by atoms with Crippen LogP contribution in [0.1, 0.15) is 48.5 Å². The fraction of sp³-hybridized carbons (Fsp3) is 0.440. The summed E-state index contributed by atoms with van der Waals surface area (Å²) in [5.74, 6) is 2.93. The summed E-state index contributed by atoms with van der Waals surface area (Å²) in [7, 11) is -6.35. The van der Waals surface area contributed by atoms with Crippen LogP contribution in [-0.2, 0) is 14.4 Å². The number of nitro benzene ring substituents is 1. The molecule has 0 amide bonds. The molecule has 0 bridgehead atoms. The molecule has 0 N–H and O–H groups in total. The number of non-ortho nitro benzene ring substituents is 1. The first-order valence-electron chi connectivity index (χ1n) is 11.2. The lowest BCUT2D eigenvalue weighted by molar-refractivity contribution is -0.384. The minimum atomic E-state index is -4.08. The molecule has 2 aromatic rings. The van der Waals surface area contributed by atoms with Crippen molar-refractivity contribution in [2.24, 2.45) is 0 Å². The standard InChI is InChI=1S/C25H34N2O5SSi/c1-20(2)34(21(3)4,25(5,6)7)32-19-11-18-26(22-12-9-8-10-13-22)33(30,31)24-16-14-23(15-17-24)27(28)29/h8-10,12-17,20-21H,19H2,1-7H3. The van der Waals surface area contributed by atoms with Crippen LogP contribution in [0.2, 0.25) is 16.1 Å². The van der Waals surface area contributed by atoms with Crippen molar-refractivity contribution in [2.75, 3.05) is 10.9 Å². The Hall–Kier alpha value is -2.67. The number of nitrogens with zero attached hydrogens (tertiary/aromatic N) is 2. The van der Waals surface area contributed by atoms with E-state index in [0.29, 0.717) is 16.8 Å². The second-order valence-corrected chi connectivity index (χ2v) is 17.3. The molecule has 7 nitrogen and oxygen atoms in total. The normalized spacial score (nSPS) is 12.4. The van der Waals surface area contributed by atoms with Gasteiger partial charge in [0.1, 0.15) is 0 Å². The molecular formula is C25H34N2O5SSi. The molecule has 0 saturated heterocycles. The Bertz CT molecular complexity index is 1140. The van der Waals surface area contributed by atoms with E-state index >= 15 is 0 Å². The molecule has 0 saturated carbocycles. The topological polar surface area (TPSA) is 89.8 Å². The summed E-state index contributed by atoms with van der Waals surface area (Å²) in [6.45, 7) is 15.4. The van der Waals surface area contributed by atoms with E-state index < -0.39 is 23.3 Å². The summed E-state index contributed by atoms with van der Waals surface area (Å²) in [4.78, 5) is 10.3. The van der Waals surface area contributed by atoms with Gasteiger partial charge in [-0.15, -0.1) is 0 Å². The van der Waals surface area contributed by atoms with Gasteiger partial charge in [-0.2, -0.15) is 4.31 Å². The molecular weight excluding hydrogens is 468 g/mol. The first-order chi connectivity index (χ1) is 15.7. The van der Waals surface area contributed by atoms with Crippen LogP contribution in [0.4, 0.5) is 11.4 Å². The Morgan fingerprint density at radius 3 is 1.97 bits per heavy atom. The number of hydrogen-bond acceptors (Lipinski definition) is 5. The molecule has 0 radical (unpaired) electrons. The van der Waals surface area contributed by atoms with Gasteiger partial charge >= 0.3 is 0 Å². The van der Waals surface area contributed by atoms with Gasteiger partial charge in [-0.25, -0.2) is 8.42 Å². The smallest absolute Gasteiger partial charge is 0.275 e. The van der Waals surface area contributed by atoms with Gasteiger partial charge in [0, 0.05) is 18.2 Å². The monoisotopic (exact) mass is 502 g/mol. The van der Waals surface area contributed by atoms with E-state index in [-0.39, 0.29) is 22.2 Å². The van der Waals surface area contributed by atoms with E-state index in [1.54, 1.807) is 30.3 Å². The van der Waals surface area contributed by atoms with E-state index in [1.165, 1.54) is 24.3 Å². The number of para-hydroxylation sites is 1. The quantitative estimate of drug-likeness (QED) is 0.138. The fourth-order valence-electron chi connectivity index (χ4n) is 4.88. The van der Waals surface area contributed by atoms with E-state index in [4.69, 9.17) is 4.43 Å². The number of anilines is 1. The van der Waals surface area contributed by atoms with Gasteiger partial charge in [0.2, 0.25) is 8.32 Å². The molecule has 0 fully saturated rings. The summed E-state index contributed by atoms with van der Waals surface area (Å²) in [6.07, 6.45) is 0. The van der Waals surface area contributed by atoms with Crippen molar-refractivity contribution in [2.45, 2.75) is 69.5 Å². The summed E-state index contributed by atoms with van der Waals surface area (Å²) >= 11 is 0. The van der Waals surface area contributed by atoms with E-state index in [2.05, 4.69) is 60.4 Å². The molecule has 184 valence electrons. The highest BCUT2D eigenvalue weighted by atomic mass is 32.2. The predicted molar refractivity (Wildman–Crippen MR) is 139 cm³/mol. The average Bonchev–Trinajstić information content (AvgIpc) is 2.75. The molecule has 0 aliphatic heterocycles. The first kappa shape index (κ1) is 27.6. The third-order valence-corrected chi connectivity index (χ3v) is 14.1. The average molecular weight is 503 g/mol. The molecule has 0 aromatic heterocycles. The van der Waals surface area contributed by atoms with Crippen LogP contribution in [0.25, 0.3) is 0 Å².